The Balaban J connectivity index is 1.68. The molecule has 0 aliphatic heterocycles. The number of amides is 1. The van der Waals surface area contributed by atoms with Crippen molar-refractivity contribution in [1.29, 1.82) is 0 Å². The third-order valence-electron chi connectivity index (χ3n) is 3.89. The van der Waals surface area contributed by atoms with Crippen molar-refractivity contribution >= 4 is 38.6 Å². The van der Waals surface area contributed by atoms with Gasteiger partial charge in [0.25, 0.3) is 5.56 Å². The number of nitrogens with zero attached hydrogens (tertiary/aromatic N) is 4. The summed E-state index contributed by atoms with van der Waals surface area (Å²) < 4.78 is 4.04. The van der Waals surface area contributed by atoms with Crippen LogP contribution in [-0.2, 0) is 17.9 Å². The van der Waals surface area contributed by atoms with Crippen LogP contribution in [0.1, 0.15) is 20.3 Å². The molecule has 0 fully saturated rings. The van der Waals surface area contributed by atoms with Gasteiger partial charge in [-0.05, 0) is 24.1 Å². The van der Waals surface area contributed by atoms with E-state index in [4.69, 9.17) is 0 Å². The summed E-state index contributed by atoms with van der Waals surface area (Å²) in [5, 5.41) is 7.59. The molecule has 0 radical (unpaired) electrons. The highest BCUT2D eigenvalue weighted by Crippen LogP contribution is 2.15. The molecule has 0 saturated carbocycles. The average Bonchev–Trinajstić information content (AvgIpc) is 3.01. The fraction of sp³-hybridized carbons (Fsp3) is 0.333. The number of anilines is 1. The molecule has 7 nitrogen and oxygen atoms in total. The molecule has 26 heavy (non-hydrogen) atoms. The Hall–Kier alpha value is -2.48. The van der Waals surface area contributed by atoms with Gasteiger partial charge in [0.1, 0.15) is 5.82 Å². The highest BCUT2D eigenvalue weighted by molar-refractivity contribution is 9.10. The summed E-state index contributed by atoms with van der Waals surface area (Å²) in [5.74, 6) is 0.917. The topological polar surface area (TPSA) is 81.8 Å². The molecule has 0 aliphatic rings. The fourth-order valence-electron chi connectivity index (χ4n) is 2.65. The zero-order chi connectivity index (χ0) is 18.7. The van der Waals surface area contributed by atoms with Crippen LogP contribution in [0, 0.1) is 5.92 Å². The molecule has 1 amide bonds. The second-order valence-electron chi connectivity index (χ2n) is 6.50. The van der Waals surface area contributed by atoms with Crippen LogP contribution in [0.4, 0.5) is 5.82 Å². The molecule has 1 N–H and O–H groups in total. The molecular weight excluding hydrogens is 398 g/mol. The van der Waals surface area contributed by atoms with Crippen molar-refractivity contribution < 1.29 is 4.79 Å². The molecule has 2 heterocycles. The molecule has 3 rings (SSSR count). The number of carbonyl (C=O) groups excluding carboxylic acids is 1. The number of aryl methyl sites for hydroxylation is 1. The lowest BCUT2D eigenvalue weighted by atomic mass is 10.2. The summed E-state index contributed by atoms with van der Waals surface area (Å²) >= 11 is 3.36. The molecule has 8 heteroatoms. The number of halogens is 1. The van der Waals surface area contributed by atoms with Crippen LogP contribution in [-0.4, -0.2) is 25.2 Å². The quantitative estimate of drug-likeness (QED) is 0.667. The van der Waals surface area contributed by atoms with Crippen LogP contribution in [0.25, 0.3) is 10.9 Å². The van der Waals surface area contributed by atoms with Crippen molar-refractivity contribution in [3.63, 3.8) is 0 Å². The van der Waals surface area contributed by atoms with Gasteiger partial charge in [-0.1, -0.05) is 29.8 Å². The molecule has 1 aromatic carbocycles. The van der Waals surface area contributed by atoms with E-state index in [1.54, 1.807) is 29.1 Å². The van der Waals surface area contributed by atoms with E-state index >= 15 is 0 Å². The first-order valence-electron chi connectivity index (χ1n) is 8.40. The highest BCUT2D eigenvalue weighted by atomic mass is 79.9. The summed E-state index contributed by atoms with van der Waals surface area (Å²) in [7, 11) is 0. The summed E-state index contributed by atoms with van der Waals surface area (Å²) in [6, 6.07) is 7.13. The molecule has 0 bridgehead atoms. The Morgan fingerprint density at radius 2 is 2.12 bits per heavy atom. The maximum atomic E-state index is 12.5. The monoisotopic (exact) mass is 417 g/mol. The number of aromatic nitrogens is 4. The van der Waals surface area contributed by atoms with Crippen LogP contribution in [0.5, 0.6) is 0 Å². The molecule has 0 saturated heterocycles. The van der Waals surface area contributed by atoms with Gasteiger partial charge in [0.2, 0.25) is 5.91 Å². The van der Waals surface area contributed by atoms with Gasteiger partial charge in [-0.3, -0.25) is 14.2 Å². The van der Waals surface area contributed by atoms with Crippen LogP contribution in [0.2, 0.25) is 0 Å². The Morgan fingerprint density at radius 1 is 1.31 bits per heavy atom. The van der Waals surface area contributed by atoms with E-state index in [1.807, 2.05) is 6.07 Å². The van der Waals surface area contributed by atoms with Crippen molar-refractivity contribution in [3.8, 4) is 0 Å². The van der Waals surface area contributed by atoms with Crippen molar-refractivity contribution in [3.05, 3.63) is 51.6 Å². The lowest BCUT2D eigenvalue weighted by Gasteiger charge is -2.11. The van der Waals surface area contributed by atoms with Crippen molar-refractivity contribution in [2.45, 2.75) is 33.4 Å². The first-order valence-corrected chi connectivity index (χ1v) is 9.19. The second-order valence-corrected chi connectivity index (χ2v) is 7.41. The van der Waals surface area contributed by atoms with Gasteiger partial charge in [0, 0.05) is 30.0 Å². The number of fused-ring (bicyclic) bond motifs is 1. The van der Waals surface area contributed by atoms with E-state index in [9.17, 15) is 9.59 Å². The van der Waals surface area contributed by atoms with E-state index in [0.29, 0.717) is 22.6 Å². The molecular formula is C18H20BrN5O2. The molecule has 2 aromatic heterocycles. The number of nitrogens with one attached hydrogen (secondary N) is 1. The normalized spacial score (nSPS) is 11.2. The third-order valence-corrected chi connectivity index (χ3v) is 4.38. The number of carbonyl (C=O) groups is 1. The SMILES string of the molecule is CC(C)Cn1nccc1NC(=O)CCn1cnc2ccc(Br)cc2c1=O. The predicted molar refractivity (Wildman–Crippen MR) is 104 cm³/mol. The first-order chi connectivity index (χ1) is 12.4. The van der Waals surface area contributed by atoms with Crippen LogP contribution < -0.4 is 10.9 Å². The minimum absolute atomic E-state index is 0.158. The van der Waals surface area contributed by atoms with Crippen molar-refractivity contribution in [1.82, 2.24) is 19.3 Å². The van der Waals surface area contributed by atoms with Crippen LogP contribution >= 0.6 is 15.9 Å². The van der Waals surface area contributed by atoms with Gasteiger partial charge >= 0.3 is 0 Å². The standard InChI is InChI=1S/C18H20BrN5O2/c1-12(2)10-24-16(5-7-21-24)22-17(25)6-8-23-11-20-15-4-3-13(19)9-14(15)18(23)26/h3-5,7,9,11-12H,6,8,10H2,1-2H3,(H,22,25). The van der Waals surface area contributed by atoms with E-state index in [1.165, 1.54) is 10.9 Å². The van der Waals surface area contributed by atoms with Gasteiger partial charge in [0.05, 0.1) is 23.4 Å². The van der Waals surface area contributed by atoms with E-state index in [-0.39, 0.29) is 24.4 Å². The second kappa shape index (κ2) is 7.82. The fourth-order valence-corrected chi connectivity index (χ4v) is 3.01. The predicted octanol–water partition coefficient (Wildman–Crippen LogP) is 3.04. The molecule has 0 atom stereocenters. The van der Waals surface area contributed by atoms with Crippen molar-refractivity contribution in [2.75, 3.05) is 5.32 Å². The lowest BCUT2D eigenvalue weighted by molar-refractivity contribution is -0.116. The zero-order valence-corrected chi connectivity index (χ0v) is 16.2. The summed E-state index contributed by atoms with van der Waals surface area (Å²) in [4.78, 5) is 29.1. The third kappa shape index (κ3) is 4.19. The number of hydrogen-bond donors (Lipinski definition) is 1. The van der Waals surface area contributed by atoms with Gasteiger partial charge in [0.15, 0.2) is 0 Å². The van der Waals surface area contributed by atoms with Crippen LogP contribution in [0.3, 0.4) is 0 Å². The molecule has 0 spiro atoms. The Morgan fingerprint density at radius 3 is 2.88 bits per heavy atom. The summed E-state index contributed by atoms with van der Waals surface area (Å²) in [6.45, 7) is 5.17. The minimum Gasteiger partial charge on any atom is -0.311 e. The molecule has 136 valence electrons. The summed E-state index contributed by atoms with van der Waals surface area (Å²) in [6.07, 6.45) is 3.32. The number of rotatable bonds is 6. The van der Waals surface area contributed by atoms with Gasteiger partial charge < -0.3 is 5.32 Å². The van der Waals surface area contributed by atoms with Gasteiger partial charge in [-0.25, -0.2) is 9.67 Å². The average molecular weight is 418 g/mol. The number of hydrogen-bond acceptors (Lipinski definition) is 4. The first kappa shape index (κ1) is 18.3. The molecule has 3 aromatic rings. The molecule has 0 unspecified atom stereocenters. The van der Waals surface area contributed by atoms with E-state index < -0.39 is 0 Å². The number of benzene rings is 1. The highest BCUT2D eigenvalue weighted by Gasteiger charge is 2.10. The largest absolute Gasteiger partial charge is 0.311 e. The van der Waals surface area contributed by atoms with E-state index in [2.05, 4.69) is 45.2 Å². The Labute approximate surface area is 159 Å². The van der Waals surface area contributed by atoms with Gasteiger partial charge in [-0.15, -0.1) is 0 Å². The maximum Gasteiger partial charge on any atom is 0.261 e. The molecule has 0 aliphatic carbocycles. The zero-order valence-electron chi connectivity index (χ0n) is 14.6. The van der Waals surface area contributed by atoms with E-state index in [0.717, 1.165) is 11.0 Å². The van der Waals surface area contributed by atoms with Crippen LogP contribution in [0.15, 0.2) is 46.1 Å². The summed E-state index contributed by atoms with van der Waals surface area (Å²) in [5.41, 5.74) is 0.477. The maximum absolute atomic E-state index is 12.5. The minimum atomic E-state index is -0.170. The Kier molecular flexibility index (Phi) is 5.51. The van der Waals surface area contributed by atoms with Crippen molar-refractivity contribution in [2.24, 2.45) is 5.92 Å². The van der Waals surface area contributed by atoms with Gasteiger partial charge in [-0.2, -0.15) is 5.10 Å². The lowest BCUT2D eigenvalue weighted by Crippen LogP contribution is -2.24. The smallest absolute Gasteiger partial charge is 0.261 e. The Bertz CT molecular complexity index is 993.